The van der Waals surface area contributed by atoms with Crippen molar-refractivity contribution in [2.24, 2.45) is 0 Å². The molecular weight excluding hydrogens is 304 g/mol. The third-order valence-corrected chi connectivity index (χ3v) is 4.71. The lowest BCUT2D eigenvalue weighted by molar-refractivity contribution is -0.137. The molecule has 1 fully saturated rings. The van der Waals surface area contributed by atoms with Gasteiger partial charge in [-0.1, -0.05) is 0 Å². The van der Waals surface area contributed by atoms with Crippen molar-refractivity contribution < 1.29 is 14.3 Å². The van der Waals surface area contributed by atoms with Crippen molar-refractivity contribution in [1.82, 2.24) is 20.4 Å². The van der Waals surface area contributed by atoms with E-state index in [1.165, 1.54) is 18.9 Å². The van der Waals surface area contributed by atoms with Gasteiger partial charge in [-0.3, -0.25) is 14.3 Å². The minimum absolute atomic E-state index is 0.00336. The van der Waals surface area contributed by atoms with Crippen LogP contribution >= 0.6 is 11.8 Å². The standard InChI is InChI=1S/C14H22N4O3S/c1-21-12(19)11-22-10-8-16-13(20)14(3-6-15-7-4-14)18-9-2-5-17-18/h2,5,9,15H,3-4,6-8,10-11H2,1H3,(H,16,20). The van der Waals surface area contributed by atoms with Gasteiger partial charge in [0, 0.05) is 24.7 Å². The lowest BCUT2D eigenvalue weighted by Crippen LogP contribution is -2.54. The summed E-state index contributed by atoms with van der Waals surface area (Å²) in [6.45, 7) is 2.12. The molecule has 2 N–H and O–H groups in total. The number of esters is 1. The number of carbonyl (C=O) groups excluding carboxylic acids is 2. The van der Waals surface area contributed by atoms with Gasteiger partial charge in [0.15, 0.2) is 0 Å². The number of hydrogen-bond donors (Lipinski definition) is 2. The van der Waals surface area contributed by atoms with Crippen molar-refractivity contribution in [3.8, 4) is 0 Å². The summed E-state index contributed by atoms with van der Waals surface area (Å²) in [4.78, 5) is 23.7. The number of thioether (sulfide) groups is 1. The summed E-state index contributed by atoms with van der Waals surface area (Å²) in [7, 11) is 1.37. The fourth-order valence-electron chi connectivity index (χ4n) is 2.54. The van der Waals surface area contributed by atoms with Gasteiger partial charge in [0.05, 0.1) is 12.9 Å². The Morgan fingerprint density at radius 2 is 2.23 bits per heavy atom. The zero-order valence-electron chi connectivity index (χ0n) is 12.7. The van der Waals surface area contributed by atoms with Crippen LogP contribution in [0.4, 0.5) is 0 Å². The van der Waals surface area contributed by atoms with E-state index in [4.69, 9.17) is 0 Å². The molecule has 122 valence electrons. The lowest BCUT2D eigenvalue weighted by atomic mass is 9.87. The molecule has 0 atom stereocenters. The molecule has 0 aliphatic carbocycles. The Morgan fingerprint density at radius 1 is 1.45 bits per heavy atom. The van der Waals surface area contributed by atoms with Crippen LogP contribution in [0.15, 0.2) is 18.5 Å². The monoisotopic (exact) mass is 326 g/mol. The van der Waals surface area contributed by atoms with E-state index in [-0.39, 0.29) is 11.9 Å². The van der Waals surface area contributed by atoms with E-state index >= 15 is 0 Å². The Morgan fingerprint density at radius 3 is 2.86 bits per heavy atom. The normalized spacial score (nSPS) is 17.0. The predicted octanol–water partition coefficient (Wildman–Crippen LogP) is -0.0158. The van der Waals surface area contributed by atoms with E-state index in [0.717, 1.165) is 25.9 Å². The minimum Gasteiger partial charge on any atom is -0.468 e. The maximum absolute atomic E-state index is 12.7. The first-order valence-electron chi connectivity index (χ1n) is 7.33. The summed E-state index contributed by atoms with van der Waals surface area (Å²) in [5.74, 6) is 0.730. The number of hydrogen-bond acceptors (Lipinski definition) is 6. The second-order valence-electron chi connectivity index (χ2n) is 5.12. The largest absolute Gasteiger partial charge is 0.468 e. The van der Waals surface area contributed by atoms with Crippen LogP contribution < -0.4 is 10.6 Å². The summed E-state index contributed by atoms with van der Waals surface area (Å²) in [6.07, 6.45) is 4.98. The SMILES string of the molecule is COC(=O)CSCCNC(=O)C1(n2cccn2)CCNCC1. The van der Waals surface area contributed by atoms with E-state index < -0.39 is 5.54 Å². The van der Waals surface area contributed by atoms with E-state index in [0.29, 0.717) is 18.1 Å². The predicted molar refractivity (Wildman–Crippen MR) is 84.7 cm³/mol. The number of methoxy groups -OCH3 is 1. The molecule has 0 aromatic carbocycles. The Hall–Kier alpha value is -1.54. The van der Waals surface area contributed by atoms with Gasteiger partial charge in [0.2, 0.25) is 5.91 Å². The zero-order chi connectivity index (χ0) is 15.8. The van der Waals surface area contributed by atoms with Crippen LogP contribution in [0, 0.1) is 0 Å². The summed E-state index contributed by atoms with van der Waals surface area (Å²) in [6, 6.07) is 1.84. The number of rotatable bonds is 7. The van der Waals surface area contributed by atoms with E-state index in [1.54, 1.807) is 10.9 Å². The number of ether oxygens (including phenoxy) is 1. The summed E-state index contributed by atoms with van der Waals surface area (Å²) < 4.78 is 6.34. The molecule has 7 nitrogen and oxygen atoms in total. The van der Waals surface area contributed by atoms with Crippen LogP contribution in [-0.2, 0) is 19.9 Å². The number of nitrogens with one attached hydrogen (secondary N) is 2. The van der Waals surface area contributed by atoms with E-state index in [2.05, 4.69) is 20.5 Å². The Bertz CT molecular complexity index is 486. The third-order valence-electron chi connectivity index (χ3n) is 3.78. The number of carbonyl (C=O) groups is 2. The fourth-order valence-corrected chi connectivity index (χ4v) is 3.21. The van der Waals surface area contributed by atoms with Crippen LogP contribution in [0.25, 0.3) is 0 Å². The number of amides is 1. The molecule has 8 heteroatoms. The second-order valence-corrected chi connectivity index (χ2v) is 6.22. The minimum atomic E-state index is -0.609. The van der Waals surface area contributed by atoms with Gasteiger partial charge in [0.1, 0.15) is 5.54 Å². The Labute approximate surface area is 134 Å². The van der Waals surface area contributed by atoms with Crippen molar-refractivity contribution in [3.63, 3.8) is 0 Å². The molecule has 1 saturated heterocycles. The third kappa shape index (κ3) is 4.01. The quantitative estimate of drug-likeness (QED) is 0.541. The van der Waals surface area contributed by atoms with Crippen LogP contribution in [0.2, 0.25) is 0 Å². The molecule has 0 saturated carbocycles. The molecule has 0 radical (unpaired) electrons. The smallest absolute Gasteiger partial charge is 0.315 e. The van der Waals surface area contributed by atoms with Gasteiger partial charge in [0.25, 0.3) is 0 Å². The van der Waals surface area contributed by atoms with Gasteiger partial charge < -0.3 is 15.4 Å². The van der Waals surface area contributed by atoms with Crippen molar-refractivity contribution in [2.45, 2.75) is 18.4 Å². The maximum atomic E-state index is 12.7. The van der Waals surface area contributed by atoms with E-state index in [9.17, 15) is 9.59 Å². The van der Waals surface area contributed by atoms with Gasteiger partial charge in [-0.05, 0) is 32.0 Å². The highest BCUT2D eigenvalue weighted by atomic mass is 32.2. The number of piperidine rings is 1. The molecule has 1 aliphatic heterocycles. The van der Waals surface area contributed by atoms with E-state index in [1.807, 2.05) is 12.3 Å². The zero-order valence-corrected chi connectivity index (χ0v) is 13.5. The van der Waals surface area contributed by atoms with Crippen molar-refractivity contribution >= 4 is 23.6 Å². The molecule has 2 rings (SSSR count). The Balaban J connectivity index is 1.86. The molecule has 1 aromatic heterocycles. The first-order chi connectivity index (χ1) is 10.7. The molecule has 1 amide bonds. The molecule has 0 unspecified atom stereocenters. The van der Waals surface area contributed by atoms with Crippen molar-refractivity contribution in [3.05, 3.63) is 18.5 Å². The summed E-state index contributed by atoms with van der Waals surface area (Å²) in [5, 5.41) is 10.5. The van der Waals surface area contributed by atoms with Crippen molar-refractivity contribution in [2.75, 3.05) is 38.2 Å². The molecule has 22 heavy (non-hydrogen) atoms. The molecule has 1 aliphatic rings. The maximum Gasteiger partial charge on any atom is 0.315 e. The number of aromatic nitrogens is 2. The van der Waals surface area contributed by atoms with Crippen LogP contribution in [0.3, 0.4) is 0 Å². The first kappa shape index (κ1) is 16.8. The van der Waals surface area contributed by atoms with Crippen LogP contribution in [0.5, 0.6) is 0 Å². The Kier molecular flexibility index (Phi) is 6.26. The van der Waals surface area contributed by atoms with Gasteiger partial charge in [-0.2, -0.15) is 5.10 Å². The number of nitrogens with zero attached hydrogens (tertiary/aromatic N) is 2. The summed E-state index contributed by atoms with van der Waals surface area (Å²) in [5.41, 5.74) is -0.609. The average Bonchev–Trinajstić information content (AvgIpc) is 3.09. The average molecular weight is 326 g/mol. The highest BCUT2D eigenvalue weighted by Crippen LogP contribution is 2.27. The van der Waals surface area contributed by atoms with Gasteiger partial charge >= 0.3 is 5.97 Å². The van der Waals surface area contributed by atoms with Crippen LogP contribution in [-0.4, -0.2) is 59.9 Å². The lowest BCUT2D eigenvalue weighted by Gasteiger charge is -2.36. The second kappa shape index (κ2) is 8.19. The van der Waals surface area contributed by atoms with Crippen LogP contribution in [0.1, 0.15) is 12.8 Å². The van der Waals surface area contributed by atoms with Gasteiger partial charge in [-0.15, -0.1) is 11.8 Å². The molecule has 0 spiro atoms. The van der Waals surface area contributed by atoms with Gasteiger partial charge in [-0.25, -0.2) is 0 Å². The molecule has 1 aromatic rings. The summed E-state index contributed by atoms with van der Waals surface area (Å²) >= 11 is 1.45. The molecule has 2 heterocycles. The molecule has 0 bridgehead atoms. The topological polar surface area (TPSA) is 85.2 Å². The fraction of sp³-hybridized carbons (Fsp3) is 0.643. The highest BCUT2D eigenvalue weighted by Gasteiger charge is 2.41. The first-order valence-corrected chi connectivity index (χ1v) is 8.48. The highest BCUT2D eigenvalue weighted by molar-refractivity contribution is 7.99. The van der Waals surface area contributed by atoms with Crippen molar-refractivity contribution in [1.29, 1.82) is 0 Å². The molecular formula is C14H22N4O3S.